The maximum Gasteiger partial charge on any atom is 0.265 e. The Labute approximate surface area is 109 Å². The lowest BCUT2D eigenvalue weighted by Crippen LogP contribution is -2.28. The van der Waals surface area contributed by atoms with Crippen molar-refractivity contribution in [2.45, 2.75) is 6.54 Å². The number of pyridine rings is 1. The summed E-state index contributed by atoms with van der Waals surface area (Å²) in [5.74, 6) is -0.0348. The molecule has 1 aromatic heterocycles. The predicted octanol–water partition coefficient (Wildman–Crippen LogP) is 1.29. The Morgan fingerprint density at radius 2 is 2.21 bits per heavy atom. The van der Waals surface area contributed by atoms with Crippen LogP contribution in [-0.4, -0.2) is 17.6 Å². The van der Waals surface area contributed by atoms with E-state index in [9.17, 15) is 9.59 Å². The van der Waals surface area contributed by atoms with Crippen molar-refractivity contribution >= 4 is 16.7 Å². The smallest absolute Gasteiger partial charge is 0.265 e. The molecule has 2 aromatic rings. The summed E-state index contributed by atoms with van der Waals surface area (Å²) >= 11 is 0. The Balaban J connectivity index is 2.84. The van der Waals surface area contributed by atoms with E-state index in [0.717, 1.165) is 0 Å². The lowest BCUT2D eigenvalue weighted by atomic mass is 10.1. The van der Waals surface area contributed by atoms with Crippen LogP contribution in [-0.2, 0) is 6.54 Å². The number of rotatable bonds is 4. The molecule has 1 heterocycles. The third-order valence-corrected chi connectivity index (χ3v) is 2.88. The van der Waals surface area contributed by atoms with Gasteiger partial charge in [-0.1, -0.05) is 6.08 Å². The second kappa shape index (κ2) is 4.97. The maximum atomic E-state index is 12.3. The van der Waals surface area contributed by atoms with Crippen LogP contribution in [0.4, 0.5) is 0 Å². The van der Waals surface area contributed by atoms with Gasteiger partial charge in [0, 0.05) is 11.9 Å². The second-order valence-electron chi connectivity index (χ2n) is 4.05. The molecule has 0 aliphatic rings. The predicted molar refractivity (Wildman–Crippen MR) is 73.5 cm³/mol. The number of ether oxygens (including phenoxy) is 1. The molecule has 0 aliphatic heterocycles. The van der Waals surface area contributed by atoms with E-state index >= 15 is 0 Å². The summed E-state index contributed by atoms with van der Waals surface area (Å²) in [5.41, 5.74) is 5.20. The number of carbonyl (C=O) groups is 1. The van der Waals surface area contributed by atoms with Crippen molar-refractivity contribution in [3.63, 3.8) is 0 Å². The second-order valence-corrected chi connectivity index (χ2v) is 4.05. The molecule has 0 saturated heterocycles. The standard InChI is InChI=1S/C14H14N2O3/c1-3-6-16-12(13(15)17)8-9-7-10(19-2)4-5-11(9)14(16)18/h3-5,7-8H,1,6H2,2H3,(H2,15,17). The van der Waals surface area contributed by atoms with Crippen LogP contribution in [0.25, 0.3) is 10.8 Å². The minimum atomic E-state index is -0.649. The number of nitrogens with zero attached hydrogens (tertiary/aromatic N) is 1. The van der Waals surface area contributed by atoms with E-state index in [2.05, 4.69) is 6.58 Å². The van der Waals surface area contributed by atoms with Crippen LogP contribution >= 0.6 is 0 Å². The summed E-state index contributed by atoms with van der Waals surface area (Å²) in [6.45, 7) is 3.81. The first kappa shape index (κ1) is 12.9. The normalized spacial score (nSPS) is 10.4. The molecule has 0 saturated carbocycles. The molecule has 0 spiro atoms. The molecule has 0 fully saturated rings. The van der Waals surface area contributed by atoms with Crippen molar-refractivity contribution < 1.29 is 9.53 Å². The highest BCUT2D eigenvalue weighted by Gasteiger charge is 2.12. The minimum Gasteiger partial charge on any atom is -0.497 e. The topological polar surface area (TPSA) is 74.3 Å². The molecule has 5 nitrogen and oxygen atoms in total. The van der Waals surface area contributed by atoms with E-state index in [1.165, 1.54) is 11.7 Å². The quantitative estimate of drug-likeness (QED) is 0.840. The number of carbonyl (C=O) groups excluding carboxylic acids is 1. The third kappa shape index (κ3) is 2.22. The van der Waals surface area contributed by atoms with Gasteiger partial charge in [-0.2, -0.15) is 0 Å². The summed E-state index contributed by atoms with van der Waals surface area (Å²) in [4.78, 5) is 23.8. The number of hydrogen-bond acceptors (Lipinski definition) is 3. The van der Waals surface area contributed by atoms with Gasteiger partial charge in [-0.05, 0) is 29.7 Å². The molecule has 0 radical (unpaired) electrons. The van der Waals surface area contributed by atoms with Crippen LogP contribution < -0.4 is 16.0 Å². The van der Waals surface area contributed by atoms with Gasteiger partial charge in [0.05, 0.1) is 7.11 Å². The van der Waals surface area contributed by atoms with Crippen molar-refractivity contribution in [2.75, 3.05) is 7.11 Å². The first-order chi connectivity index (χ1) is 9.08. The first-order valence-electron chi connectivity index (χ1n) is 5.70. The highest BCUT2D eigenvalue weighted by Crippen LogP contribution is 2.19. The fourth-order valence-electron chi connectivity index (χ4n) is 1.98. The van der Waals surface area contributed by atoms with E-state index in [4.69, 9.17) is 10.5 Å². The average Bonchev–Trinajstić information content (AvgIpc) is 2.41. The SMILES string of the molecule is C=CCn1c(C(N)=O)cc2cc(OC)ccc2c1=O. The average molecular weight is 258 g/mol. The Kier molecular flexibility index (Phi) is 3.37. The summed E-state index contributed by atoms with van der Waals surface area (Å²) in [7, 11) is 1.54. The van der Waals surface area contributed by atoms with Crippen LogP contribution in [0.3, 0.4) is 0 Å². The monoisotopic (exact) mass is 258 g/mol. The van der Waals surface area contributed by atoms with Gasteiger partial charge >= 0.3 is 0 Å². The zero-order valence-electron chi connectivity index (χ0n) is 10.6. The number of nitrogens with two attached hydrogens (primary N) is 1. The Bertz CT molecular complexity index is 716. The summed E-state index contributed by atoms with van der Waals surface area (Å²) in [6.07, 6.45) is 1.54. The van der Waals surface area contributed by atoms with Crippen molar-refractivity contribution in [1.29, 1.82) is 0 Å². The first-order valence-corrected chi connectivity index (χ1v) is 5.70. The highest BCUT2D eigenvalue weighted by atomic mass is 16.5. The van der Waals surface area contributed by atoms with Gasteiger partial charge in [0.25, 0.3) is 11.5 Å². The van der Waals surface area contributed by atoms with Crippen molar-refractivity contribution in [3.8, 4) is 5.75 Å². The largest absolute Gasteiger partial charge is 0.497 e. The molecule has 98 valence electrons. The molecular formula is C14H14N2O3. The van der Waals surface area contributed by atoms with Gasteiger partial charge in [0.2, 0.25) is 0 Å². The summed E-state index contributed by atoms with van der Waals surface area (Å²) in [5, 5.41) is 1.13. The molecule has 0 unspecified atom stereocenters. The molecule has 0 bridgehead atoms. The van der Waals surface area contributed by atoms with Crippen LogP contribution in [0.15, 0.2) is 41.7 Å². The van der Waals surface area contributed by atoms with Gasteiger partial charge in [0.1, 0.15) is 11.4 Å². The lowest BCUT2D eigenvalue weighted by Gasteiger charge is -2.11. The lowest BCUT2D eigenvalue weighted by molar-refractivity contribution is 0.0991. The van der Waals surface area contributed by atoms with Gasteiger partial charge in [0.15, 0.2) is 0 Å². The van der Waals surface area contributed by atoms with Gasteiger partial charge in [-0.3, -0.25) is 14.2 Å². The van der Waals surface area contributed by atoms with Crippen LogP contribution in [0.1, 0.15) is 10.5 Å². The van der Waals surface area contributed by atoms with Crippen molar-refractivity contribution in [3.05, 3.63) is 53.0 Å². The van der Waals surface area contributed by atoms with Crippen molar-refractivity contribution in [1.82, 2.24) is 4.57 Å². The Morgan fingerprint density at radius 3 is 2.79 bits per heavy atom. The molecule has 0 aliphatic carbocycles. The molecule has 19 heavy (non-hydrogen) atoms. The zero-order chi connectivity index (χ0) is 14.0. The van der Waals surface area contributed by atoms with Crippen LogP contribution in [0.2, 0.25) is 0 Å². The highest BCUT2D eigenvalue weighted by molar-refractivity contribution is 5.96. The molecule has 2 rings (SSSR count). The number of fused-ring (bicyclic) bond motifs is 1. The Morgan fingerprint density at radius 1 is 1.47 bits per heavy atom. The van der Waals surface area contributed by atoms with Gasteiger partial charge in [-0.25, -0.2) is 0 Å². The Hall–Kier alpha value is -2.56. The number of benzene rings is 1. The minimum absolute atomic E-state index is 0.158. The molecule has 5 heteroatoms. The number of methoxy groups -OCH3 is 1. The molecule has 0 atom stereocenters. The molecular weight excluding hydrogens is 244 g/mol. The fraction of sp³-hybridized carbons (Fsp3) is 0.143. The number of primary amides is 1. The number of allylic oxidation sites excluding steroid dienone is 1. The van der Waals surface area contributed by atoms with Gasteiger partial charge < -0.3 is 10.5 Å². The molecule has 1 aromatic carbocycles. The fourth-order valence-corrected chi connectivity index (χ4v) is 1.98. The molecule has 1 amide bonds. The van der Waals surface area contributed by atoms with Crippen LogP contribution in [0.5, 0.6) is 5.75 Å². The zero-order valence-corrected chi connectivity index (χ0v) is 10.6. The van der Waals surface area contributed by atoms with Crippen LogP contribution in [0, 0.1) is 0 Å². The van der Waals surface area contributed by atoms with Gasteiger partial charge in [-0.15, -0.1) is 6.58 Å². The van der Waals surface area contributed by atoms with Crippen molar-refractivity contribution in [2.24, 2.45) is 5.73 Å². The summed E-state index contributed by atoms with van der Waals surface area (Å²) < 4.78 is 6.41. The van der Waals surface area contributed by atoms with E-state index in [1.54, 1.807) is 30.3 Å². The number of hydrogen-bond donors (Lipinski definition) is 1. The third-order valence-electron chi connectivity index (χ3n) is 2.88. The van der Waals surface area contributed by atoms with E-state index in [-0.39, 0.29) is 17.8 Å². The van der Waals surface area contributed by atoms with E-state index in [1.807, 2.05) is 0 Å². The number of aromatic nitrogens is 1. The molecule has 2 N–H and O–H groups in total. The van der Waals surface area contributed by atoms with E-state index in [0.29, 0.717) is 16.5 Å². The number of amides is 1. The maximum absolute atomic E-state index is 12.3. The van der Waals surface area contributed by atoms with E-state index < -0.39 is 5.91 Å². The summed E-state index contributed by atoms with van der Waals surface area (Å²) in [6, 6.07) is 6.65.